The molecule has 0 aromatic heterocycles. The van der Waals surface area contributed by atoms with Crippen LogP contribution in [-0.4, -0.2) is 50.7 Å². The van der Waals surface area contributed by atoms with Crippen molar-refractivity contribution >= 4 is 87.3 Å². The molecular formula is C55H50As2ORhSb. The standard InChI is InChI=1S/C37H32As2O.3C6H5.Rh.Sb.3H/c40-37(38(31-19-7-1-8-20-31,32-21-9-2-10-22-32)33-23-11-3-12-24-33)39(34-25-13-4-14-26-34,35-27-15-5-16-28-35)36-29-17-6-18-30-36;3*1-2-4-6-5-3-1;;;;;/h1-30,38-39H;3*1-5H;;;;;. The van der Waals surface area contributed by atoms with Gasteiger partial charge in [0.25, 0.3) is 0 Å². The predicted octanol–water partition coefficient (Wildman–Crippen LogP) is 5.47. The van der Waals surface area contributed by atoms with E-state index in [0.717, 1.165) is 0 Å². The molecule has 5 heteroatoms. The van der Waals surface area contributed by atoms with Crippen molar-refractivity contribution in [2.45, 2.75) is 0 Å². The molecule has 0 aliphatic carbocycles. The van der Waals surface area contributed by atoms with E-state index < -0.39 is 47.3 Å². The van der Waals surface area contributed by atoms with Gasteiger partial charge < -0.3 is 0 Å². The Kier molecular flexibility index (Phi) is 15.3. The molecule has 0 bridgehead atoms. The topological polar surface area (TPSA) is 17.1 Å². The van der Waals surface area contributed by atoms with Gasteiger partial charge in [0, 0.05) is 0 Å². The number of hydrogen-bond acceptors (Lipinski definition) is 1. The molecule has 9 rings (SSSR count). The van der Waals surface area contributed by atoms with Crippen LogP contribution in [0.2, 0.25) is 0 Å². The normalized spacial score (nSPS) is 11.6. The van der Waals surface area contributed by atoms with E-state index in [-0.39, 0.29) is 19.5 Å². The van der Waals surface area contributed by atoms with Crippen LogP contribution >= 0.6 is 0 Å². The van der Waals surface area contributed by atoms with Gasteiger partial charge in [-0.2, -0.15) is 0 Å². The zero-order chi connectivity index (χ0) is 40.2. The summed E-state index contributed by atoms with van der Waals surface area (Å²) in [6, 6.07) is 96.7. The third-order valence-corrected chi connectivity index (χ3v) is 44.1. The third kappa shape index (κ3) is 8.96. The van der Waals surface area contributed by atoms with Crippen LogP contribution in [0, 0.1) is 0 Å². The van der Waals surface area contributed by atoms with Gasteiger partial charge in [0.2, 0.25) is 0 Å². The molecule has 0 unspecified atom stereocenters. The summed E-state index contributed by atoms with van der Waals surface area (Å²) in [6.07, 6.45) is 0. The van der Waals surface area contributed by atoms with Crippen molar-refractivity contribution in [1.82, 2.24) is 0 Å². The molecule has 0 N–H and O–H groups in total. The van der Waals surface area contributed by atoms with E-state index in [1.165, 1.54) is 36.6 Å². The summed E-state index contributed by atoms with van der Waals surface area (Å²) in [4.78, 5) is 16.5. The average Bonchev–Trinajstić information content (AvgIpc) is 3.33. The molecule has 0 saturated carbocycles. The predicted molar refractivity (Wildman–Crippen MR) is 264 cm³/mol. The fourth-order valence-corrected chi connectivity index (χ4v) is 47.9. The van der Waals surface area contributed by atoms with Crippen LogP contribution in [0.3, 0.4) is 0 Å². The second kappa shape index (κ2) is 21.1. The van der Waals surface area contributed by atoms with Crippen molar-refractivity contribution in [3.63, 3.8) is 0 Å². The molecule has 0 aliphatic rings. The van der Waals surface area contributed by atoms with E-state index in [1.54, 1.807) is 0 Å². The zero-order valence-corrected chi connectivity index (χ0v) is 42.0. The molecule has 0 spiro atoms. The van der Waals surface area contributed by atoms with Crippen LogP contribution in [0.15, 0.2) is 273 Å². The first-order valence-electron chi connectivity index (χ1n) is 20.1. The van der Waals surface area contributed by atoms with Crippen molar-refractivity contribution in [2.24, 2.45) is 0 Å². The fraction of sp³-hybridized carbons (Fsp3) is 0. The van der Waals surface area contributed by atoms with Crippen molar-refractivity contribution < 1.29 is 24.3 Å². The summed E-state index contributed by atoms with van der Waals surface area (Å²) in [6.45, 7) is 0. The zero-order valence-electron chi connectivity index (χ0n) is 33.2. The molecule has 300 valence electrons. The summed E-state index contributed by atoms with van der Waals surface area (Å²) in [5.41, 5.74) is 0. The SMILES string of the molecule is O=C([AsH](c1ccccc1)(c1ccccc1)c1ccccc1)[AsH](c1ccccc1)(c1ccccc1)c1ccccc1.[RhH3].c1cc[c]([Sb]([c]2ccccc2)[c]2ccccc2)cc1. The molecule has 1 radical (unpaired) electrons. The van der Waals surface area contributed by atoms with E-state index in [1.807, 2.05) is 0 Å². The summed E-state index contributed by atoms with van der Waals surface area (Å²) in [7, 11) is 0. The summed E-state index contributed by atoms with van der Waals surface area (Å²) in [5, 5.41) is 0. The third-order valence-electron chi connectivity index (χ3n) is 11.0. The Morgan fingerprint density at radius 3 is 0.567 bits per heavy atom. The molecule has 9 aromatic rings. The minimum atomic E-state index is -4.05. The van der Waals surface area contributed by atoms with Crippen LogP contribution in [-0.2, 0) is 19.5 Å². The molecular weight excluding hydrogens is 1050 g/mol. The fourth-order valence-electron chi connectivity index (χ4n) is 8.38. The van der Waals surface area contributed by atoms with Gasteiger partial charge in [-0.25, -0.2) is 0 Å². The van der Waals surface area contributed by atoms with E-state index in [2.05, 4.69) is 273 Å². The van der Waals surface area contributed by atoms with Gasteiger partial charge >= 0.3 is 385 Å². The Labute approximate surface area is 380 Å². The van der Waals surface area contributed by atoms with E-state index in [9.17, 15) is 0 Å². The Morgan fingerprint density at radius 1 is 0.250 bits per heavy atom. The monoisotopic (exact) mass is 1100 g/mol. The molecule has 0 fully saturated rings. The Morgan fingerprint density at radius 2 is 0.400 bits per heavy atom. The molecule has 0 saturated heterocycles. The van der Waals surface area contributed by atoms with Crippen molar-refractivity contribution in [3.8, 4) is 0 Å². The van der Waals surface area contributed by atoms with Crippen LogP contribution in [0.4, 0.5) is 4.79 Å². The number of benzene rings is 9. The molecule has 0 aliphatic heterocycles. The molecule has 60 heavy (non-hydrogen) atoms. The first-order chi connectivity index (χ1) is 29.2. The Balaban J connectivity index is 0.000000228. The second-order valence-electron chi connectivity index (χ2n) is 14.4. The summed E-state index contributed by atoms with van der Waals surface area (Å²) < 4.78 is 12.0. The van der Waals surface area contributed by atoms with Gasteiger partial charge in [-0.15, -0.1) is 0 Å². The van der Waals surface area contributed by atoms with Gasteiger partial charge in [0.15, 0.2) is 0 Å². The summed E-state index contributed by atoms with van der Waals surface area (Å²) in [5.74, 6) is 0. The number of hydrogen-bond donors (Lipinski definition) is 0. The summed E-state index contributed by atoms with van der Waals surface area (Å²) >= 11 is -9.93. The van der Waals surface area contributed by atoms with Gasteiger partial charge in [-0.3, -0.25) is 0 Å². The van der Waals surface area contributed by atoms with Gasteiger partial charge in [-0.05, 0) is 0 Å². The first kappa shape index (κ1) is 43.3. The molecule has 9 aromatic carbocycles. The minimum absolute atomic E-state index is 0. The van der Waals surface area contributed by atoms with E-state index >= 15 is 4.79 Å². The second-order valence-corrected chi connectivity index (χ2v) is 38.4. The number of carbonyl (C=O) groups excluding carboxylic acids is 1. The molecule has 1 nitrogen and oxygen atoms in total. The number of rotatable bonds is 11. The van der Waals surface area contributed by atoms with E-state index in [4.69, 9.17) is 0 Å². The maximum atomic E-state index is 16.5. The van der Waals surface area contributed by atoms with Crippen molar-refractivity contribution in [3.05, 3.63) is 273 Å². The van der Waals surface area contributed by atoms with Crippen LogP contribution < -0.4 is 36.6 Å². The van der Waals surface area contributed by atoms with Crippen LogP contribution in [0.5, 0.6) is 0 Å². The quantitative estimate of drug-likeness (QED) is 0.157. The Bertz CT molecular complexity index is 2230. The van der Waals surface area contributed by atoms with Crippen LogP contribution in [0.1, 0.15) is 0 Å². The van der Waals surface area contributed by atoms with Crippen molar-refractivity contribution in [1.29, 1.82) is 0 Å². The average molecular weight is 1100 g/mol. The van der Waals surface area contributed by atoms with Crippen molar-refractivity contribution in [2.75, 3.05) is 0 Å². The van der Waals surface area contributed by atoms with Gasteiger partial charge in [-0.1, -0.05) is 0 Å². The van der Waals surface area contributed by atoms with Crippen LogP contribution in [0.25, 0.3) is 0 Å². The van der Waals surface area contributed by atoms with E-state index in [0.29, 0.717) is 3.36 Å². The van der Waals surface area contributed by atoms with Gasteiger partial charge in [0.1, 0.15) is 0 Å². The molecule has 0 heterocycles. The Hall–Kier alpha value is -4.79. The molecule has 0 amide bonds. The molecule has 0 atom stereocenters. The first-order valence-corrected chi connectivity index (χ1v) is 32.3. The maximum absolute atomic E-state index is 16.5. The number of carbonyl (C=O) groups is 1. The van der Waals surface area contributed by atoms with Gasteiger partial charge in [0.05, 0.1) is 0 Å².